The summed E-state index contributed by atoms with van der Waals surface area (Å²) in [4.78, 5) is -0.0178. The Labute approximate surface area is 121 Å². The maximum absolute atomic E-state index is 13.7. The average Bonchev–Trinajstić information content (AvgIpc) is 2.42. The molecular weight excluding hydrogens is 300 g/mol. The van der Waals surface area contributed by atoms with Crippen LogP contribution in [0.25, 0.3) is 0 Å². The lowest BCUT2D eigenvalue weighted by Gasteiger charge is -2.11. The van der Waals surface area contributed by atoms with Gasteiger partial charge in [-0.1, -0.05) is 17.7 Å². The highest BCUT2D eigenvalue weighted by atomic mass is 32.2. The molecule has 0 atom stereocenters. The number of hydrogen-bond donors (Lipinski definition) is 1. The molecule has 0 aliphatic rings. The largest absolute Gasteiger partial charge is 0.494 e. The van der Waals surface area contributed by atoms with Crippen LogP contribution in [0, 0.1) is 18.6 Å². The normalized spacial score (nSPS) is 11.2. The molecule has 0 radical (unpaired) electrons. The van der Waals surface area contributed by atoms with Gasteiger partial charge in [-0.25, -0.2) is 17.2 Å². The van der Waals surface area contributed by atoms with Crippen LogP contribution < -0.4 is 9.46 Å². The summed E-state index contributed by atoms with van der Waals surface area (Å²) in [6.07, 6.45) is 0. The lowest BCUT2D eigenvalue weighted by atomic mass is 10.2. The van der Waals surface area contributed by atoms with E-state index in [1.54, 1.807) is 12.1 Å². The van der Waals surface area contributed by atoms with Gasteiger partial charge in [0.15, 0.2) is 11.6 Å². The number of anilines is 1. The fourth-order valence-electron chi connectivity index (χ4n) is 1.68. The van der Waals surface area contributed by atoms with Crippen LogP contribution in [0.2, 0.25) is 0 Å². The molecule has 0 heterocycles. The second kappa shape index (κ2) is 5.69. The zero-order valence-electron chi connectivity index (χ0n) is 11.4. The highest BCUT2D eigenvalue weighted by Gasteiger charge is 2.18. The van der Waals surface area contributed by atoms with E-state index in [-0.39, 0.29) is 16.3 Å². The molecule has 0 saturated carbocycles. The third-order valence-corrected chi connectivity index (χ3v) is 4.20. The summed E-state index contributed by atoms with van der Waals surface area (Å²) in [7, 11) is -2.76. The topological polar surface area (TPSA) is 55.4 Å². The van der Waals surface area contributed by atoms with Crippen molar-refractivity contribution >= 4 is 15.7 Å². The predicted octanol–water partition coefficient (Wildman–Crippen LogP) is 3.08. The van der Waals surface area contributed by atoms with E-state index in [1.807, 2.05) is 6.92 Å². The van der Waals surface area contributed by atoms with Crippen LogP contribution in [0.4, 0.5) is 14.5 Å². The van der Waals surface area contributed by atoms with E-state index in [2.05, 4.69) is 4.72 Å². The molecule has 0 amide bonds. The van der Waals surface area contributed by atoms with Crippen LogP contribution in [0.15, 0.2) is 41.3 Å². The van der Waals surface area contributed by atoms with Crippen molar-refractivity contribution in [1.29, 1.82) is 0 Å². The van der Waals surface area contributed by atoms with E-state index in [1.165, 1.54) is 19.2 Å². The second-order valence-corrected chi connectivity index (χ2v) is 6.07. The summed E-state index contributed by atoms with van der Waals surface area (Å²) in [6.45, 7) is 1.81. The Morgan fingerprint density at radius 2 is 1.67 bits per heavy atom. The molecule has 7 heteroatoms. The van der Waals surface area contributed by atoms with Crippen molar-refractivity contribution in [3.63, 3.8) is 0 Å². The number of methoxy groups -OCH3 is 1. The molecule has 21 heavy (non-hydrogen) atoms. The third kappa shape index (κ3) is 3.30. The number of hydrogen-bond acceptors (Lipinski definition) is 3. The Morgan fingerprint density at radius 1 is 1.05 bits per heavy atom. The number of benzene rings is 2. The standard InChI is InChI=1S/C14H13F2NO3S/c1-9-3-5-10(6-4-9)21(18,19)17-13-8-14(20-2)12(16)7-11(13)15/h3-8,17H,1-2H3. The number of aryl methyl sites for hydroxylation is 1. The van der Waals surface area contributed by atoms with Crippen LogP contribution >= 0.6 is 0 Å². The van der Waals surface area contributed by atoms with Gasteiger partial charge in [0.25, 0.3) is 10.0 Å². The van der Waals surface area contributed by atoms with Crippen LogP contribution in [-0.2, 0) is 10.0 Å². The molecular formula is C14H13F2NO3S. The third-order valence-electron chi connectivity index (χ3n) is 2.82. The van der Waals surface area contributed by atoms with Crippen LogP contribution in [0.5, 0.6) is 5.75 Å². The quantitative estimate of drug-likeness (QED) is 0.944. The number of nitrogens with one attached hydrogen (secondary N) is 1. The van der Waals surface area contributed by atoms with Crippen molar-refractivity contribution in [2.24, 2.45) is 0 Å². The van der Waals surface area contributed by atoms with Gasteiger partial charge in [-0.15, -0.1) is 0 Å². The Bertz CT molecular complexity index is 759. The van der Waals surface area contributed by atoms with Crippen molar-refractivity contribution in [2.75, 3.05) is 11.8 Å². The first-order valence-electron chi connectivity index (χ1n) is 5.96. The number of sulfonamides is 1. The molecule has 2 aromatic carbocycles. The van der Waals surface area contributed by atoms with Gasteiger partial charge in [0.1, 0.15) is 5.82 Å². The summed E-state index contributed by atoms with van der Waals surface area (Å²) < 4.78 is 58.0. The van der Waals surface area contributed by atoms with E-state index in [9.17, 15) is 17.2 Å². The summed E-state index contributed by atoms with van der Waals surface area (Å²) >= 11 is 0. The molecule has 0 saturated heterocycles. The molecule has 4 nitrogen and oxygen atoms in total. The number of halogens is 2. The molecule has 0 aliphatic carbocycles. The Hall–Kier alpha value is -2.15. The minimum Gasteiger partial charge on any atom is -0.494 e. The molecule has 2 aromatic rings. The highest BCUT2D eigenvalue weighted by Crippen LogP contribution is 2.27. The summed E-state index contributed by atoms with van der Waals surface area (Å²) in [5.41, 5.74) is 0.511. The zero-order valence-corrected chi connectivity index (χ0v) is 12.2. The average molecular weight is 313 g/mol. The van der Waals surface area contributed by atoms with E-state index in [4.69, 9.17) is 4.74 Å². The minimum absolute atomic E-state index is 0.0178. The van der Waals surface area contributed by atoms with Gasteiger partial charge >= 0.3 is 0 Å². The smallest absolute Gasteiger partial charge is 0.261 e. The highest BCUT2D eigenvalue weighted by molar-refractivity contribution is 7.92. The van der Waals surface area contributed by atoms with Crippen molar-refractivity contribution in [3.05, 3.63) is 53.6 Å². The SMILES string of the molecule is COc1cc(NS(=O)(=O)c2ccc(C)cc2)c(F)cc1F. The molecule has 1 N–H and O–H groups in total. The summed E-state index contributed by atoms with van der Waals surface area (Å²) in [5.74, 6) is -2.18. The Morgan fingerprint density at radius 3 is 2.24 bits per heavy atom. The molecule has 2 rings (SSSR count). The van der Waals surface area contributed by atoms with Gasteiger partial charge in [-0.3, -0.25) is 4.72 Å². The van der Waals surface area contributed by atoms with E-state index in [0.717, 1.165) is 11.6 Å². The Kier molecular flexibility index (Phi) is 4.13. The summed E-state index contributed by atoms with van der Waals surface area (Å²) in [5, 5.41) is 0. The van der Waals surface area contributed by atoms with Crippen molar-refractivity contribution in [2.45, 2.75) is 11.8 Å². The first-order valence-corrected chi connectivity index (χ1v) is 7.44. The first kappa shape index (κ1) is 15.2. The van der Waals surface area contributed by atoms with Crippen molar-refractivity contribution < 1.29 is 21.9 Å². The molecule has 0 aliphatic heterocycles. The number of rotatable bonds is 4. The fraction of sp³-hybridized carbons (Fsp3) is 0.143. The monoisotopic (exact) mass is 313 g/mol. The first-order chi connectivity index (χ1) is 9.83. The zero-order chi connectivity index (χ0) is 15.6. The van der Waals surface area contributed by atoms with E-state index in [0.29, 0.717) is 6.07 Å². The van der Waals surface area contributed by atoms with Crippen molar-refractivity contribution in [3.8, 4) is 5.75 Å². The Balaban J connectivity index is 2.39. The van der Waals surface area contributed by atoms with Gasteiger partial charge in [-0.2, -0.15) is 0 Å². The minimum atomic E-state index is -3.96. The summed E-state index contributed by atoms with van der Waals surface area (Å²) in [6, 6.07) is 7.56. The molecule has 0 aromatic heterocycles. The molecule has 0 unspecified atom stereocenters. The van der Waals surface area contributed by atoms with Gasteiger partial charge in [-0.05, 0) is 19.1 Å². The van der Waals surface area contributed by atoms with Gasteiger partial charge in [0, 0.05) is 12.1 Å². The number of ether oxygens (including phenoxy) is 1. The maximum atomic E-state index is 13.7. The fourth-order valence-corrected chi connectivity index (χ4v) is 2.74. The molecule has 112 valence electrons. The van der Waals surface area contributed by atoms with Gasteiger partial charge in [0.2, 0.25) is 0 Å². The van der Waals surface area contributed by atoms with Crippen LogP contribution in [0.1, 0.15) is 5.56 Å². The lowest BCUT2D eigenvalue weighted by molar-refractivity contribution is 0.384. The van der Waals surface area contributed by atoms with Gasteiger partial charge < -0.3 is 4.74 Å². The van der Waals surface area contributed by atoms with E-state index >= 15 is 0 Å². The van der Waals surface area contributed by atoms with Crippen LogP contribution in [-0.4, -0.2) is 15.5 Å². The van der Waals surface area contributed by atoms with E-state index < -0.39 is 21.7 Å². The molecule has 0 fully saturated rings. The van der Waals surface area contributed by atoms with Crippen molar-refractivity contribution in [1.82, 2.24) is 0 Å². The molecule has 0 spiro atoms. The van der Waals surface area contributed by atoms with Crippen LogP contribution in [0.3, 0.4) is 0 Å². The molecule has 0 bridgehead atoms. The predicted molar refractivity (Wildman–Crippen MR) is 74.9 cm³/mol. The second-order valence-electron chi connectivity index (χ2n) is 4.39. The lowest BCUT2D eigenvalue weighted by Crippen LogP contribution is -2.14. The van der Waals surface area contributed by atoms with Gasteiger partial charge in [0.05, 0.1) is 17.7 Å². The maximum Gasteiger partial charge on any atom is 0.261 e.